The van der Waals surface area contributed by atoms with Crippen LogP contribution in [0.4, 0.5) is 11.5 Å². The molecule has 1 atom stereocenters. The van der Waals surface area contributed by atoms with Gasteiger partial charge in [-0.3, -0.25) is 19.5 Å². The molecule has 1 saturated heterocycles. The van der Waals surface area contributed by atoms with Crippen molar-refractivity contribution in [3.8, 4) is 0 Å². The molecule has 2 N–H and O–H groups in total. The van der Waals surface area contributed by atoms with Crippen molar-refractivity contribution in [2.24, 2.45) is 5.92 Å². The van der Waals surface area contributed by atoms with Gasteiger partial charge < -0.3 is 10.6 Å². The molecule has 26 heavy (non-hydrogen) atoms. The Hall–Kier alpha value is -2.32. The molecule has 2 aromatic heterocycles. The van der Waals surface area contributed by atoms with Crippen molar-refractivity contribution in [3.63, 3.8) is 0 Å². The zero-order valence-corrected chi connectivity index (χ0v) is 15.8. The number of hydrogen-bond donors (Lipinski definition) is 2. The Labute approximate surface area is 160 Å². The molecular formula is C18H20BrN5O2. The standard InChI is InChI=1S/C18H20BrN5O2/c19-14-5-6-16(21-9-14)23-18(26)13-3-2-8-24(11-13)12-17(25)22-15-4-1-7-20-10-15/h1,4-7,9-10,13H,2-3,8,11-12H2,(H,22,25)(H,21,23,26). The van der Waals surface area contributed by atoms with E-state index in [1.165, 1.54) is 0 Å². The van der Waals surface area contributed by atoms with E-state index in [0.717, 1.165) is 23.9 Å². The van der Waals surface area contributed by atoms with Crippen LogP contribution in [0.1, 0.15) is 12.8 Å². The molecule has 3 heterocycles. The van der Waals surface area contributed by atoms with E-state index in [0.29, 0.717) is 18.1 Å². The molecule has 136 valence electrons. The van der Waals surface area contributed by atoms with Crippen LogP contribution in [0.3, 0.4) is 0 Å². The van der Waals surface area contributed by atoms with Crippen molar-refractivity contribution in [2.75, 3.05) is 30.3 Å². The highest BCUT2D eigenvalue weighted by Gasteiger charge is 2.27. The first kappa shape index (κ1) is 18.5. The number of nitrogens with zero attached hydrogens (tertiary/aromatic N) is 3. The van der Waals surface area contributed by atoms with Gasteiger partial charge in [0, 0.05) is 23.4 Å². The number of anilines is 2. The molecule has 1 aliphatic rings. The second kappa shape index (κ2) is 8.86. The van der Waals surface area contributed by atoms with Gasteiger partial charge in [-0.2, -0.15) is 0 Å². The van der Waals surface area contributed by atoms with Crippen molar-refractivity contribution in [2.45, 2.75) is 12.8 Å². The lowest BCUT2D eigenvalue weighted by Crippen LogP contribution is -2.44. The average Bonchev–Trinajstić information content (AvgIpc) is 2.64. The number of nitrogens with one attached hydrogen (secondary N) is 2. The van der Waals surface area contributed by atoms with Gasteiger partial charge in [0.05, 0.1) is 24.3 Å². The summed E-state index contributed by atoms with van der Waals surface area (Å²) < 4.78 is 0.860. The van der Waals surface area contributed by atoms with Gasteiger partial charge in [-0.05, 0) is 59.6 Å². The lowest BCUT2D eigenvalue weighted by molar-refractivity contribution is -0.123. The van der Waals surface area contributed by atoms with Gasteiger partial charge in [-0.1, -0.05) is 0 Å². The van der Waals surface area contributed by atoms with E-state index in [2.05, 4.69) is 36.5 Å². The van der Waals surface area contributed by atoms with E-state index >= 15 is 0 Å². The van der Waals surface area contributed by atoms with Gasteiger partial charge in [0.2, 0.25) is 11.8 Å². The average molecular weight is 418 g/mol. The Morgan fingerprint density at radius 2 is 2.12 bits per heavy atom. The molecule has 2 amide bonds. The maximum Gasteiger partial charge on any atom is 0.238 e. The van der Waals surface area contributed by atoms with Crippen LogP contribution in [-0.2, 0) is 9.59 Å². The molecule has 0 spiro atoms. The molecule has 0 radical (unpaired) electrons. The number of pyridine rings is 2. The summed E-state index contributed by atoms with van der Waals surface area (Å²) in [7, 11) is 0. The molecule has 0 aliphatic carbocycles. The fourth-order valence-electron chi connectivity index (χ4n) is 2.93. The summed E-state index contributed by atoms with van der Waals surface area (Å²) >= 11 is 3.32. The summed E-state index contributed by atoms with van der Waals surface area (Å²) in [5, 5.41) is 5.67. The highest BCUT2D eigenvalue weighted by atomic mass is 79.9. The quantitative estimate of drug-likeness (QED) is 0.780. The number of likely N-dealkylation sites (tertiary alicyclic amines) is 1. The van der Waals surface area contributed by atoms with Gasteiger partial charge >= 0.3 is 0 Å². The van der Waals surface area contributed by atoms with E-state index in [1.807, 2.05) is 11.0 Å². The smallest absolute Gasteiger partial charge is 0.238 e. The zero-order valence-electron chi connectivity index (χ0n) is 14.2. The van der Waals surface area contributed by atoms with Gasteiger partial charge in [0.1, 0.15) is 5.82 Å². The van der Waals surface area contributed by atoms with Gasteiger partial charge in [-0.25, -0.2) is 4.98 Å². The first-order chi connectivity index (χ1) is 12.6. The number of piperidine rings is 1. The molecular weight excluding hydrogens is 398 g/mol. The minimum absolute atomic E-state index is 0.0582. The number of carbonyl (C=O) groups excluding carboxylic acids is 2. The third-order valence-corrected chi connectivity index (χ3v) is 4.64. The van der Waals surface area contributed by atoms with Gasteiger partial charge in [-0.15, -0.1) is 0 Å². The number of carbonyl (C=O) groups is 2. The number of rotatable bonds is 5. The summed E-state index contributed by atoms with van der Waals surface area (Å²) in [6.07, 6.45) is 6.60. The molecule has 2 aromatic rings. The number of aromatic nitrogens is 2. The van der Waals surface area contributed by atoms with Crippen LogP contribution in [0.2, 0.25) is 0 Å². The highest BCUT2D eigenvalue weighted by molar-refractivity contribution is 9.10. The van der Waals surface area contributed by atoms with Crippen molar-refractivity contribution < 1.29 is 9.59 Å². The third kappa shape index (κ3) is 5.34. The van der Waals surface area contributed by atoms with Crippen molar-refractivity contribution in [3.05, 3.63) is 47.3 Å². The molecule has 1 aliphatic heterocycles. The maximum absolute atomic E-state index is 12.5. The summed E-state index contributed by atoms with van der Waals surface area (Å²) in [5.41, 5.74) is 0.671. The second-order valence-electron chi connectivity index (χ2n) is 6.22. The van der Waals surface area contributed by atoms with Crippen LogP contribution in [0.15, 0.2) is 47.3 Å². The van der Waals surface area contributed by atoms with Gasteiger partial charge in [0.25, 0.3) is 0 Å². The SMILES string of the molecule is O=C(CN1CCCC(C(=O)Nc2ccc(Br)cn2)C1)Nc1cccnc1. The monoisotopic (exact) mass is 417 g/mol. The van der Waals surface area contributed by atoms with Crippen LogP contribution in [0, 0.1) is 5.92 Å². The van der Waals surface area contributed by atoms with E-state index in [1.54, 1.807) is 36.8 Å². The molecule has 8 heteroatoms. The first-order valence-corrected chi connectivity index (χ1v) is 9.24. The van der Waals surface area contributed by atoms with E-state index < -0.39 is 0 Å². The van der Waals surface area contributed by atoms with Crippen molar-refractivity contribution in [1.29, 1.82) is 0 Å². The van der Waals surface area contributed by atoms with Crippen LogP contribution in [0.5, 0.6) is 0 Å². The van der Waals surface area contributed by atoms with Crippen LogP contribution < -0.4 is 10.6 Å². The largest absolute Gasteiger partial charge is 0.324 e. The Balaban J connectivity index is 1.51. The summed E-state index contributed by atoms with van der Waals surface area (Å²) in [4.78, 5) is 34.8. The fraction of sp³-hybridized carbons (Fsp3) is 0.333. The predicted octanol–water partition coefficient (Wildman–Crippen LogP) is 2.53. The Morgan fingerprint density at radius 3 is 2.85 bits per heavy atom. The second-order valence-corrected chi connectivity index (χ2v) is 7.13. The van der Waals surface area contributed by atoms with Crippen LogP contribution >= 0.6 is 15.9 Å². The molecule has 7 nitrogen and oxygen atoms in total. The van der Waals surface area contributed by atoms with Crippen molar-refractivity contribution in [1.82, 2.24) is 14.9 Å². The number of hydrogen-bond acceptors (Lipinski definition) is 5. The first-order valence-electron chi connectivity index (χ1n) is 8.45. The van der Waals surface area contributed by atoms with Crippen LogP contribution in [-0.4, -0.2) is 46.3 Å². The molecule has 1 unspecified atom stereocenters. The predicted molar refractivity (Wildman–Crippen MR) is 103 cm³/mol. The van der Waals surface area contributed by atoms with Crippen LogP contribution in [0.25, 0.3) is 0 Å². The zero-order chi connectivity index (χ0) is 18.4. The number of halogens is 1. The number of amides is 2. The summed E-state index contributed by atoms with van der Waals surface area (Å²) in [6.45, 7) is 1.62. The minimum Gasteiger partial charge on any atom is -0.324 e. The normalized spacial score (nSPS) is 17.5. The maximum atomic E-state index is 12.5. The van der Waals surface area contributed by atoms with Gasteiger partial charge in [0.15, 0.2) is 0 Å². The fourth-order valence-corrected chi connectivity index (χ4v) is 3.17. The van der Waals surface area contributed by atoms with E-state index in [9.17, 15) is 9.59 Å². The minimum atomic E-state index is -0.152. The summed E-state index contributed by atoms with van der Waals surface area (Å²) in [6, 6.07) is 7.15. The van der Waals surface area contributed by atoms with E-state index in [-0.39, 0.29) is 24.3 Å². The topological polar surface area (TPSA) is 87.2 Å². The Kier molecular flexibility index (Phi) is 6.30. The van der Waals surface area contributed by atoms with Crippen molar-refractivity contribution >= 4 is 39.2 Å². The highest BCUT2D eigenvalue weighted by Crippen LogP contribution is 2.19. The summed E-state index contributed by atoms with van der Waals surface area (Å²) in [5.74, 6) is 0.218. The molecule has 0 saturated carbocycles. The molecule has 0 aromatic carbocycles. The lowest BCUT2D eigenvalue weighted by Gasteiger charge is -2.31. The molecule has 0 bridgehead atoms. The Morgan fingerprint density at radius 1 is 1.23 bits per heavy atom. The molecule has 1 fully saturated rings. The van der Waals surface area contributed by atoms with E-state index in [4.69, 9.17) is 0 Å². The Bertz CT molecular complexity index is 754. The molecule has 3 rings (SSSR count). The third-order valence-electron chi connectivity index (χ3n) is 4.17. The lowest BCUT2D eigenvalue weighted by atomic mass is 9.97.